The van der Waals surface area contributed by atoms with E-state index in [1.807, 2.05) is 6.07 Å². The molecule has 134 valence electrons. The van der Waals surface area contributed by atoms with Crippen molar-refractivity contribution in [3.05, 3.63) is 35.4 Å². The van der Waals surface area contributed by atoms with Crippen molar-refractivity contribution in [3.8, 4) is 0 Å². The number of hydrogen-bond acceptors (Lipinski definition) is 2. The summed E-state index contributed by atoms with van der Waals surface area (Å²) in [6, 6.07) is 7.21. The molecule has 0 saturated carbocycles. The molecule has 0 atom stereocenters. The summed E-state index contributed by atoms with van der Waals surface area (Å²) in [4.78, 5) is 6.52. The van der Waals surface area contributed by atoms with Gasteiger partial charge in [-0.15, -0.1) is 0 Å². The molecule has 2 rings (SSSR count). The monoisotopic (exact) mass is 343 g/mol. The van der Waals surface area contributed by atoms with E-state index in [9.17, 15) is 13.2 Å². The molecule has 4 nitrogen and oxygen atoms in total. The lowest BCUT2D eigenvalue weighted by molar-refractivity contribution is -0.176. The number of hydrogen-bond donors (Lipinski definition) is 1. The van der Waals surface area contributed by atoms with Gasteiger partial charge in [0.25, 0.3) is 0 Å². The van der Waals surface area contributed by atoms with Gasteiger partial charge < -0.3 is 15.4 Å². The average molecular weight is 343 g/mol. The zero-order valence-electron chi connectivity index (χ0n) is 13.7. The molecule has 0 aromatic heterocycles. The van der Waals surface area contributed by atoms with Gasteiger partial charge in [0.05, 0.1) is 13.2 Å². The zero-order valence-corrected chi connectivity index (χ0v) is 13.7. The topological polar surface area (TPSA) is 50.9 Å². The molecule has 1 heterocycles. The number of likely N-dealkylation sites (tertiary alicyclic amines) is 1. The van der Waals surface area contributed by atoms with Crippen LogP contribution in [0.4, 0.5) is 13.2 Å². The van der Waals surface area contributed by atoms with Gasteiger partial charge in [-0.3, -0.25) is 0 Å². The van der Waals surface area contributed by atoms with Crippen LogP contribution in [-0.4, -0.2) is 36.7 Å². The summed E-state index contributed by atoms with van der Waals surface area (Å²) < 4.78 is 41.0. The predicted molar refractivity (Wildman–Crippen MR) is 87.5 cm³/mol. The summed E-state index contributed by atoms with van der Waals surface area (Å²) in [5, 5.41) is 0. The van der Waals surface area contributed by atoms with E-state index in [1.54, 1.807) is 18.2 Å². The predicted octanol–water partition coefficient (Wildman–Crippen LogP) is 3.46. The minimum absolute atomic E-state index is 0.0708. The van der Waals surface area contributed by atoms with E-state index in [4.69, 9.17) is 5.73 Å². The Morgan fingerprint density at radius 1 is 1.12 bits per heavy atom. The molecule has 0 amide bonds. The van der Waals surface area contributed by atoms with Crippen LogP contribution in [0.5, 0.6) is 0 Å². The van der Waals surface area contributed by atoms with Crippen molar-refractivity contribution < 1.29 is 17.9 Å². The SMILES string of the molecule is NC(=NCc1cccc(COCC(F)(F)F)c1)N1CCCCCC1. The molecule has 1 aliphatic heterocycles. The molecule has 0 aliphatic carbocycles. The maximum atomic E-state index is 12.1. The van der Waals surface area contributed by atoms with Crippen LogP contribution in [-0.2, 0) is 17.9 Å². The molecular weight excluding hydrogens is 319 g/mol. The number of halogens is 3. The second-order valence-corrected chi connectivity index (χ2v) is 6.00. The zero-order chi connectivity index (χ0) is 17.4. The van der Waals surface area contributed by atoms with Crippen LogP contribution in [0.1, 0.15) is 36.8 Å². The number of ether oxygens (including phenoxy) is 1. The average Bonchev–Trinajstić information content (AvgIpc) is 2.81. The Morgan fingerprint density at radius 3 is 2.46 bits per heavy atom. The Labute approximate surface area is 140 Å². The standard InChI is InChI=1S/C17H24F3N3O/c18-17(19,20)13-24-12-15-7-5-6-14(10-15)11-22-16(21)23-8-3-1-2-4-9-23/h5-7,10H,1-4,8-9,11-13H2,(H2,21,22). The van der Waals surface area contributed by atoms with Crippen molar-refractivity contribution in [1.29, 1.82) is 0 Å². The molecule has 7 heteroatoms. The van der Waals surface area contributed by atoms with Gasteiger partial charge in [0, 0.05) is 13.1 Å². The Bertz CT molecular complexity index is 538. The Kier molecular flexibility index (Phi) is 6.90. The molecule has 0 spiro atoms. The molecule has 1 fully saturated rings. The normalized spacial score (nSPS) is 17.0. The van der Waals surface area contributed by atoms with Gasteiger partial charge in [-0.25, -0.2) is 4.99 Å². The quantitative estimate of drug-likeness (QED) is 0.658. The summed E-state index contributed by atoms with van der Waals surface area (Å²) in [5.74, 6) is 0.538. The van der Waals surface area contributed by atoms with Crippen LogP contribution in [0.2, 0.25) is 0 Å². The van der Waals surface area contributed by atoms with Crippen molar-refractivity contribution in [2.45, 2.75) is 45.0 Å². The van der Waals surface area contributed by atoms with Gasteiger partial charge in [0.15, 0.2) is 5.96 Å². The van der Waals surface area contributed by atoms with E-state index >= 15 is 0 Å². The molecular formula is C17H24F3N3O. The van der Waals surface area contributed by atoms with Gasteiger partial charge in [0.2, 0.25) is 0 Å². The third kappa shape index (κ3) is 6.78. The van der Waals surface area contributed by atoms with Gasteiger partial charge in [-0.2, -0.15) is 13.2 Å². The van der Waals surface area contributed by atoms with Crippen molar-refractivity contribution in [3.63, 3.8) is 0 Å². The van der Waals surface area contributed by atoms with E-state index in [2.05, 4.69) is 14.6 Å². The van der Waals surface area contributed by atoms with Crippen molar-refractivity contribution in [2.24, 2.45) is 10.7 Å². The first-order chi connectivity index (χ1) is 11.4. The van der Waals surface area contributed by atoms with Crippen molar-refractivity contribution in [1.82, 2.24) is 4.90 Å². The number of rotatable bonds is 5. The Balaban J connectivity index is 1.87. The molecule has 0 unspecified atom stereocenters. The number of alkyl halides is 3. The van der Waals surface area contributed by atoms with Crippen molar-refractivity contribution in [2.75, 3.05) is 19.7 Å². The van der Waals surface area contributed by atoms with Gasteiger partial charge >= 0.3 is 6.18 Å². The van der Waals surface area contributed by atoms with E-state index in [1.165, 1.54) is 12.8 Å². The van der Waals surface area contributed by atoms with Gasteiger partial charge in [0.1, 0.15) is 6.61 Å². The first-order valence-corrected chi connectivity index (χ1v) is 8.21. The lowest BCUT2D eigenvalue weighted by Crippen LogP contribution is -2.38. The van der Waals surface area contributed by atoms with E-state index in [0.29, 0.717) is 18.1 Å². The van der Waals surface area contributed by atoms with Gasteiger partial charge in [-0.05, 0) is 24.0 Å². The number of guanidine groups is 1. The second-order valence-electron chi connectivity index (χ2n) is 6.00. The minimum atomic E-state index is -4.30. The lowest BCUT2D eigenvalue weighted by Gasteiger charge is -2.21. The summed E-state index contributed by atoms with van der Waals surface area (Å²) in [6.45, 7) is 0.965. The van der Waals surface area contributed by atoms with E-state index in [0.717, 1.165) is 31.5 Å². The minimum Gasteiger partial charge on any atom is -0.370 e. The molecule has 0 radical (unpaired) electrons. The number of aliphatic imine (C=N–C) groups is 1. The second kappa shape index (κ2) is 8.92. The summed E-state index contributed by atoms with van der Waals surface area (Å²) in [5.41, 5.74) is 7.66. The van der Waals surface area contributed by atoms with E-state index < -0.39 is 12.8 Å². The highest BCUT2D eigenvalue weighted by Gasteiger charge is 2.27. The van der Waals surface area contributed by atoms with Crippen LogP contribution in [0, 0.1) is 0 Å². The van der Waals surface area contributed by atoms with Crippen LogP contribution in [0.25, 0.3) is 0 Å². The maximum Gasteiger partial charge on any atom is 0.411 e. The first-order valence-electron chi connectivity index (χ1n) is 8.21. The number of nitrogens with zero attached hydrogens (tertiary/aromatic N) is 2. The highest BCUT2D eigenvalue weighted by Crippen LogP contribution is 2.16. The molecule has 24 heavy (non-hydrogen) atoms. The highest BCUT2D eigenvalue weighted by molar-refractivity contribution is 5.78. The fourth-order valence-electron chi connectivity index (χ4n) is 2.67. The Hall–Kier alpha value is -1.76. The maximum absolute atomic E-state index is 12.1. The molecule has 1 aromatic carbocycles. The van der Waals surface area contributed by atoms with Crippen LogP contribution >= 0.6 is 0 Å². The smallest absolute Gasteiger partial charge is 0.370 e. The summed E-state index contributed by atoms with van der Waals surface area (Å²) in [6.07, 6.45) is 0.404. The number of benzene rings is 1. The third-order valence-electron chi connectivity index (χ3n) is 3.88. The molecule has 1 aromatic rings. The Morgan fingerprint density at radius 2 is 1.79 bits per heavy atom. The molecule has 2 N–H and O–H groups in total. The molecule has 1 saturated heterocycles. The van der Waals surface area contributed by atoms with Crippen LogP contribution < -0.4 is 5.73 Å². The van der Waals surface area contributed by atoms with Gasteiger partial charge in [-0.1, -0.05) is 37.1 Å². The largest absolute Gasteiger partial charge is 0.411 e. The van der Waals surface area contributed by atoms with E-state index in [-0.39, 0.29) is 6.61 Å². The van der Waals surface area contributed by atoms with Crippen molar-refractivity contribution >= 4 is 5.96 Å². The highest BCUT2D eigenvalue weighted by atomic mass is 19.4. The summed E-state index contributed by atoms with van der Waals surface area (Å²) in [7, 11) is 0. The molecule has 0 bridgehead atoms. The third-order valence-corrected chi connectivity index (χ3v) is 3.88. The fraction of sp³-hybridized carbons (Fsp3) is 0.588. The lowest BCUT2D eigenvalue weighted by atomic mass is 10.1. The summed E-state index contributed by atoms with van der Waals surface area (Å²) >= 11 is 0. The molecule has 1 aliphatic rings. The van der Waals surface area contributed by atoms with Crippen LogP contribution in [0.3, 0.4) is 0 Å². The first kappa shape index (κ1) is 18.6. The number of nitrogens with two attached hydrogens (primary N) is 1. The van der Waals surface area contributed by atoms with Crippen LogP contribution in [0.15, 0.2) is 29.3 Å². The fourth-order valence-corrected chi connectivity index (χ4v) is 2.67.